The van der Waals surface area contributed by atoms with Gasteiger partial charge in [0.1, 0.15) is 5.82 Å². The van der Waals surface area contributed by atoms with Crippen LogP contribution in [0.4, 0.5) is 13.2 Å². The van der Waals surface area contributed by atoms with E-state index in [0.29, 0.717) is 41.2 Å². The number of halogens is 3. The van der Waals surface area contributed by atoms with Crippen molar-refractivity contribution >= 4 is 0 Å². The lowest BCUT2D eigenvalue weighted by Crippen LogP contribution is -2.19. The molecule has 1 fully saturated rings. The summed E-state index contributed by atoms with van der Waals surface area (Å²) >= 11 is 0. The van der Waals surface area contributed by atoms with Crippen molar-refractivity contribution in [2.24, 2.45) is 5.92 Å². The zero-order chi connectivity index (χ0) is 26.2. The van der Waals surface area contributed by atoms with Gasteiger partial charge in [-0.05, 0) is 60.9 Å². The summed E-state index contributed by atoms with van der Waals surface area (Å²) in [7, 11) is 0. The number of hydrogen-bond acceptors (Lipinski definition) is 1. The summed E-state index contributed by atoms with van der Waals surface area (Å²) in [5.41, 5.74) is 3.23. The summed E-state index contributed by atoms with van der Waals surface area (Å²) in [6.45, 7) is 4.81. The Bertz CT molecular complexity index is 1190. The molecule has 0 radical (unpaired) electrons. The molecule has 0 N–H and O–H groups in total. The quantitative estimate of drug-likeness (QED) is 0.196. The Morgan fingerprint density at radius 2 is 1.51 bits per heavy atom. The molecule has 0 amide bonds. The molecule has 0 saturated carbocycles. The van der Waals surface area contributed by atoms with Crippen LogP contribution in [0.25, 0.3) is 22.3 Å². The first-order valence-corrected chi connectivity index (χ1v) is 13.6. The van der Waals surface area contributed by atoms with E-state index in [2.05, 4.69) is 13.0 Å². The van der Waals surface area contributed by atoms with Crippen molar-refractivity contribution in [3.63, 3.8) is 0 Å². The maximum Gasteiger partial charge on any atom is 0.166 e. The van der Waals surface area contributed by atoms with Gasteiger partial charge in [-0.15, -0.1) is 0 Å². The second kappa shape index (κ2) is 13.1. The van der Waals surface area contributed by atoms with Crippen molar-refractivity contribution in [1.82, 2.24) is 0 Å². The van der Waals surface area contributed by atoms with E-state index >= 15 is 4.39 Å². The van der Waals surface area contributed by atoms with Crippen LogP contribution in [0, 0.1) is 23.4 Å². The van der Waals surface area contributed by atoms with Gasteiger partial charge in [0.2, 0.25) is 0 Å². The molecular weight excluding hydrogens is 469 g/mol. The summed E-state index contributed by atoms with van der Waals surface area (Å²) in [4.78, 5) is 0. The third-order valence-electron chi connectivity index (χ3n) is 7.36. The summed E-state index contributed by atoms with van der Waals surface area (Å²) in [6.07, 6.45) is 11.9. The highest BCUT2D eigenvalue weighted by molar-refractivity contribution is 5.71. The molecule has 196 valence electrons. The first-order chi connectivity index (χ1) is 18.0. The highest BCUT2D eigenvalue weighted by Gasteiger charge is 2.22. The van der Waals surface area contributed by atoms with Gasteiger partial charge >= 0.3 is 0 Å². The van der Waals surface area contributed by atoms with Gasteiger partial charge in [-0.1, -0.05) is 93.3 Å². The minimum atomic E-state index is -0.821. The molecule has 0 bridgehead atoms. The number of allylic oxidation sites excluding steroid dienone is 1. The van der Waals surface area contributed by atoms with Crippen molar-refractivity contribution in [2.45, 2.75) is 71.3 Å². The number of hydrogen-bond donors (Lipinski definition) is 0. The van der Waals surface area contributed by atoms with E-state index in [-0.39, 0.29) is 17.5 Å². The fourth-order valence-electron chi connectivity index (χ4n) is 5.18. The van der Waals surface area contributed by atoms with Crippen LogP contribution in [0.3, 0.4) is 0 Å². The van der Waals surface area contributed by atoms with Crippen molar-refractivity contribution in [1.29, 1.82) is 0 Å². The summed E-state index contributed by atoms with van der Waals surface area (Å²) in [5.74, 6) is -1.47. The van der Waals surface area contributed by atoms with E-state index in [1.807, 2.05) is 19.1 Å². The van der Waals surface area contributed by atoms with Crippen LogP contribution in [0.15, 0.2) is 66.7 Å². The third kappa shape index (κ3) is 6.73. The zero-order valence-corrected chi connectivity index (χ0v) is 21.9. The van der Waals surface area contributed by atoms with Gasteiger partial charge in [-0.2, -0.15) is 0 Å². The lowest BCUT2D eigenvalue weighted by Gasteiger charge is -2.28. The molecule has 1 saturated heterocycles. The van der Waals surface area contributed by atoms with Gasteiger partial charge in [0.05, 0.1) is 12.7 Å². The van der Waals surface area contributed by atoms with Crippen LogP contribution in [-0.4, -0.2) is 6.61 Å². The molecule has 0 aromatic heterocycles. The second-order valence-corrected chi connectivity index (χ2v) is 10.1. The Morgan fingerprint density at radius 1 is 0.811 bits per heavy atom. The molecule has 4 heteroatoms. The minimum Gasteiger partial charge on any atom is -0.373 e. The van der Waals surface area contributed by atoms with Crippen LogP contribution in [-0.2, 0) is 11.2 Å². The number of rotatable bonds is 10. The Hall–Kier alpha value is -2.85. The van der Waals surface area contributed by atoms with Crippen molar-refractivity contribution in [3.05, 3.63) is 95.3 Å². The lowest BCUT2D eigenvalue weighted by molar-refractivity contribution is -0.00538. The van der Waals surface area contributed by atoms with Gasteiger partial charge in [0.25, 0.3) is 0 Å². The molecule has 2 atom stereocenters. The van der Waals surface area contributed by atoms with E-state index in [0.717, 1.165) is 44.1 Å². The monoisotopic (exact) mass is 506 g/mol. The number of aryl methyl sites for hydroxylation is 1. The number of benzene rings is 3. The van der Waals surface area contributed by atoms with Crippen LogP contribution < -0.4 is 0 Å². The highest BCUT2D eigenvalue weighted by Crippen LogP contribution is 2.34. The smallest absolute Gasteiger partial charge is 0.166 e. The fraction of sp³-hybridized carbons (Fsp3) is 0.394. The normalized spacial score (nSPS) is 18.0. The van der Waals surface area contributed by atoms with E-state index in [1.165, 1.54) is 6.42 Å². The van der Waals surface area contributed by atoms with Crippen LogP contribution >= 0.6 is 0 Å². The first kappa shape index (κ1) is 27.2. The molecule has 4 rings (SSSR count). The summed E-state index contributed by atoms with van der Waals surface area (Å²) < 4.78 is 50.7. The van der Waals surface area contributed by atoms with Crippen LogP contribution in [0.2, 0.25) is 0 Å². The summed E-state index contributed by atoms with van der Waals surface area (Å²) in [6, 6.07) is 15.5. The van der Waals surface area contributed by atoms with E-state index in [4.69, 9.17) is 4.74 Å². The Labute approximate surface area is 219 Å². The molecule has 0 spiro atoms. The molecule has 1 nitrogen and oxygen atoms in total. The summed E-state index contributed by atoms with van der Waals surface area (Å²) in [5, 5.41) is 0. The molecule has 37 heavy (non-hydrogen) atoms. The van der Waals surface area contributed by atoms with Crippen molar-refractivity contribution in [3.8, 4) is 22.3 Å². The molecule has 3 aromatic rings. The van der Waals surface area contributed by atoms with E-state index < -0.39 is 11.6 Å². The van der Waals surface area contributed by atoms with Gasteiger partial charge in [0, 0.05) is 17.0 Å². The third-order valence-corrected chi connectivity index (χ3v) is 7.36. The Kier molecular flexibility index (Phi) is 9.62. The molecule has 3 aromatic carbocycles. The minimum absolute atomic E-state index is 0.0929. The second-order valence-electron chi connectivity index (χ2n) is 10.1. The first-order valence-electron chi connectivity index (χ1n) is 13.6. The maximum atomic E-state index is 15.1. The number of unbranched alkanes of at least 4 members (excludes halogenated alkanes) is 4. The Balaban J connectivity index is 1.44. The average Bonchev–Trinajstić information content (AvgIpc) is 2.92. The fourth-order valence-corrected chi connectivity index (χ4v) is 5.18. The zero-order valence-electron chi connectivity index (χ0n) is 21.9. The van der Waals surface area contributed by atoms with Gasteiger partial charge in [0.15, 0.2) is 11.6 Å². The van der Waals surface area contributed by atoms with E-state index in [1.54, 1.807) is 48.5 Å². The molecule has 2 unspecified atom stereocenters. The molecular formula is C33H37F3O. The van der Waals surface area contributed by atoms with E-state index in [9.17, 15) is 8.78 Å². The molecule has 1 aliphatic heterocycles. The predicted molar refractivity (Wildman–Crippen MR) is 146 cm³/mol. The van der Waals surface area contributed by atoms with Crippen LogP contribution in [0.1, 0.15) is 76.0 Å². The SMILES string of the molecule is CC=CC1CCC(c2ccc(-c3ccc(-c4ccc(CCCCCCC)c(F)c4F)cc3)c(F)c2)OC1. The van der Waals surface area contributed by atoms with Gasteiger partial charge < -0.3 is 4.74 Å². The predicted octanol–water partition coefficient (Wildman–Crippen LogP) is 9.99. The van der Waals surface area contributed by atoms with Crippen LogP contribution in [0.5, 0.6) is 0 Å². The van der Waals surface area contributed by atoms with Crippen molar-refractivity contribution < 1.29 is 17.9 Å². The Morgan fingerprint density at radius 3 is 2.16 bits per heavy atom. The van der Waals surface area contributed by atoms with Crippen molar-refractivity contribution in [2.75, 3.05) is 6.61 Å². The van der Waals surface area contributed by atoms with Gasteiger partial charge in [-0.3, -0.25) is 0 Å². The lowest BCUT2D eigenvalue weighted by atomic mass is 9.93. The van der Waals surface area contributed by atoms with Gasteiger partial charge in [-0.25, -0.2) is 13.2 Å². The largest absolute Gasteiger partial charge is 0.373 e. The standard InChI is InChI=1S/C33H37F3O/c1-3-5-6-7-8-10-26-16-19-29(33(36)32(26)35)25-14-12-24(13-15-25)28-18-17-27(21-30(28)34)31-20-11-23(9-4-2)22-37-31/h4,9,12-19,21,23,31H,3,5-8,10-11,20,22H2,1-2H3. The highest BCUT2D eigenvalue weighted by atomic mass is 19.2. The maximum absolute atomic E-state index is 15.1. The topological polar surface area (TPSA) is 9.23 Å². The average molecular weight is 507 g/mol. The molecule has 1 heterocycles. The molecule has 1 aliphatic rings. The number of ether oxygens (including phenoxy) is 1. The molecule has 0 aliphatic carbocycles.